The highest BCUT2D eigenvalue weighted by atomic mass is 16.5. The van der Waals surface area contributed by atoms with E-state index in [1.165, 1.54) is 25.7 Å². The highest BCUT2D eigenvalue weighted by Gasteiger charge is 2.29. The van der Waals surface area contributed by atoms with Crippen molar-refractivity contribution in [3.05, 3.63) is 0 Å². The van der Waals surface area contributed by atoms with Crippen molar-refractivity contribution in [3.8, 4) is 0 Å². The summed E-state index contributed by atoms with van der Waals surface area (Å²) >= 11 is 0. The predicted octanol–water partition coefficient (Wildman–Crippen LogP) is 3.80. The maximum absolute atomic E-state index is 12.2. The first-order valence-corrected chi connectivity index (χ1v) is 8.11. The van der Waals surface area contributed by atoms with Crippen molar-refractivity contribution in [2.75, 3.05) is 0 Å². The van der Waals surface area contributed by atoms with Crippen LogP contribution in [0, 0.1) is 5.92 Å². The number of ether oxygens (including phenoxy) is 1. The summed E-state index contributed by atoms with van der Waals surface area (Å²) < 4.78 is 5.58. The second-order valence-corrected chi connectivity index (χ2v) is 6.01. The van der Waals surface area contributed by atoms with Crippen molar-refractivity contribution in [2.24, 2.45) is 11.7 Å². The zero-order valence-electron chi connectivity index (χ0n) is 12.7. The summed E-state index contributed by atoms with van der Waals surface area (Å²) in [6.45, 7) is 4.21. The number of hydrogen-bond donors (Lipinski definition) is 1. The van der Waals surface area contributed by atoms with Gasteiger partial charge in [-0.15, -0.1) is 0 Å². The van der Waals surface area contributed by atoms with Crippen LogP contribution < -0.4 is 5.73 Å². The van der Waals surface area contributed by atoms with Crippen LogP contribution in [0.4, 0.5) is 0 Å². The smallest absolute Gasteiger partial charge is 0.310 e. The van der Waals surface area contributed by atoms with Gasteiger partial charge in [0.1, 0.15) is 0 Å². The average molecular weight is 269 g/mol. The predicted molar refractivity (Wildman–Crippen MR) is 78.9 cm³/mol. The molecule has 2 N–H and O–H groups in total. The Morgan fingerprint density at radius 3 is 2.68 bits per heavy atom. The Morgan fingerprint density at radius 1 is 1.21 bits per heavy atom. The molecule has 3 heteroatoms. The molecular weight excluding hydrogens is 238 g/mol. The summed E-state index contributed by atoms with van der Waals surface area (Å²) in [4.78, 5) is 12.2. The van der Waals surface area contributed by atoms with Gasteiger partial charge in [-0.3, -0.25) is 4.79 Å². The third kappa shape index (κ3) is 6.42. The molecule has 19 heavy (non-hydrogen) atoms. The van der Waals surface area contributed by atoms with Crippen LogP contribution in [0.15, 0.2) is 0 Å². The summed E-state index contributed by atoms with van der Waals surface area (Å²) in [6.07, 6.45) is 11.3. The third-order valence-electron chi connectivity index (χ3n) is 4.15. The number of carbonyl (C=O) groups excluding carboxylic acids is 1. The number of carbonyl (C=O) groups is 1. The van der Waals surface area contributed by atoms with E-state index in [9.17, 15) is 4.79 Å². The Labute approximate surface area is 118 Å². The van der Waals surface area contributed by atoms with Gasteiger partial charge in [-0.1, -0.05) is 45.4 Å². The van der Waals surface area contributed by atoms with Gasteiger partial charge in [-0.05, 0) is 32.6 Å². The van der Waals surface area contributed by atoms with E-state index in [0.717, 1.165) is 38.5 Å². The van der Waals surface area contributed by atoms with E-state index in [2.05, 4.69) is 6.92 Å². The van der Waals surface area contributed by atoms with E-state index in [-0.39, 0.29) is 24.0 Å². The van der Waals surface area contributed by atoms with Crippen molar-refractivity contribution in [1.82, 2.24) is 0 Å². The van der Waals surface area contributed by atoms with E-state index in [0.29, 0.717) is 0 Å². The number of nitrogens with two attached hydrogens (primary N) is 1. The van der Waals surface area contributed by atoms with E-state index in [1.807, 2.05) is 6.92 Å². The molecule has 1 aliphatic rings. The second kappa shape index (κ2) is 9.35. The van der Waals surface area contributed by atoms with Crippen molar-refractivity contribution < 1.29 is 9.53 Å². The SMILES string of the molecule is CCCCCCC(C)OC(=O)C1CCCCCC1N. The first-order valence-electron chi connectivity index (χ1n) is 8.11. The number of hydrogen-bond acceptors (Lipinski definition) is 3. The molecule has 0 aliphatic heterocycles. The van der Waals surface area contributed by atoms with Gasteiger partial charge in [0.25, 0.3) is 0 Å². The molecule has 0 saturated heterocycles. The summed E-state index contributed by atoms with van der Waals surface area (Å²) in [5.41, 5.74) is 6.09. The first-order chi connectivity index (χ1) is 9.15. The maximum atomic E-state index is 12.2. The Kier molecular flexibility index (Phi) is 8.11. The Balaban J connectivity index is 2.27. The maximum Gasteiger partial charge on any atom is 0.310 e. The first kappa shape index (κ1) is 16.5. The van der Waals surface area contributed by atoms with Gasteiger partial charge in [-0.25, -0.2) is 0 Å². The van der Waals surface area contributed by atoms with Crippen molar-refractivity contribution >= 4 is 5.97 Å². The molecule has 0 aromatic carbocycles. The van der Waals surface area contributed by atoms with Crippen LogP contribution in [0.2, 0.25) is 0 Å². The van der Waals surface area contributed by atoms with Crippen LogP contribution in [-0.2, 0) is 9.53 Å². The normalized spacial score (nSPS) is 25.6. The van der Waals surface area contributed by atoms with Gasteiger partial charge in [0, 0.05) is 6.04 Å². The zero-order chi connectivity index (χ0) is 14.1. The second-order valence-electron chi connectivity index (χ2n) is 6.01. The molecule has 0 bridgehead atoms. The molecule has 0 aromatic rings. The Bertz CT molecular complexity index is 255. The Morgan fingerprint density at radius 2 is 1.95 bits per heavy atom. The van der Waals surface area contributed by atoms with Crippen LogP contribution >= 0.6 is 0 Å². The fourth-order valence-corrected chi connectivity index (χ4v) is 2.83. The van der Waals surface area contributed by atoms with Crippen LogP contribution in [0.5, 0.6) is 0 Å². The average Bonchev–Trinajstić information content (AvgIpc) is 2.59. The molecular formula is C16H31NO2. The summed E-state index contributed by atoms with van der Waals surface area (Å²) in [7, 11) is 0. The lowest BCUT2D eigenvalue weighted by Gasteiger charge is -2.22. The van der Waals surface area contributed by atoms with Crippen LogP contribution in [0.3, 0.4) is 0 Å². The minimum atomic E-state index is -0.0689. The molecule has 1 fully saturated rings. The van der Waals surface area contributed by atoms with E-state index in [1.54, 1.807) is 0 Å². The molecule has 3 nitrogen and oxygen atoms in total. The molecule has 1 saturated carbocycles. The highest BCUT2D eigenvalue weighted by Crippen LogP contribution is 2.24. The van der Waals surface area contributed by atoms with Crippen LogP contribution in [0.25, 0.3) is 0 Å². The lowest BCUT2D eigenvalue weighted by Crippen LogP contribution is -2.36. The molecule has 1 rings (SSSR count). The van der Waals surface area contributed by atoms with Crippen LogP contribution in [-0.4, -0.2) is 18.1 Å². The van der Waals surface area contributed by atoms with E-state index >= 15 is 0 Å². The van der Waals surface area contributed by atoms with Crippen molar-refractivity contribution in [1.29, 1.82) is 0 Å². The lowest BCUT2D eigenvalue weighted by atomic mass is 9.95. The topological polar surface area (TPSA) is 52.3 Å². The molecule has 0 aromatic heterocycles. The monoisotopic (exact) mass is 269 g/mol. The lowest BCUT2D eigenvalue weighted by molar-refractivity contribution is -0.154. The van der Waals surface area contributed by atoms with Gasteiger partial charge in [0.05, 0.1) is 12.0 Å². The standard InChI is InChI=1S/C16H31NO2/c1-3-4-5-7-10-13(2)19-16(18)14-11-8-6-9-12-15(14)17/h13-15H,3-12,17H2,1-2H3. The highest BCUT2D eigenvalue weighted by molar-refractivity contribution is 5.73. The molecule has 1 aliphatic carbocycles. The zero-order valence-corrected chi connectivity index (χ0v) is 12.7. The van der Waals surface area contributed by atoms with Gasteiger partial charge in [0.15, 0.2) is 0 Å². The van der Waals surface area contributed by atoms with Crippen LogP contribution in [0.1, 0.15) is 78.1 Å². The number of esters is 1. The summed E-state index contributed by atoms with van der Waals surface area (Å²) in [5.74, 6) is -0.127. The fraction of sp³-hybridized carbons (Fsp3) is 0.938. The molecule has 0 amide bonds. The minimum absolute atomic E-state index is 0.00212. The third-order valence-corrected chi connectivity index (χ3v) is 4.15. The van der Waals surface area contributed by atoms with Crippen molar-refractivity contribution in [3.63, 3.8) is 0 Å². The molecule has 0 heterocycles. The van der Waals surface area contributed by atoms with E-state index < -0.39 is 0 Å². The molecule has 0 radical (unpaired) electrons. The van der Waals surface area contributed by atoms with Gasteiger partial charge < -0.3 is 10.5 Å². The number of unbranched alkanes of at least 4 members (excludes halogenated alkanes) is 3. The van der Waals surface area contributed by atoms with E-state index in [4.69, 9.17) is 10.5 Å². The summed E-state index contributed by atoms with van der Waals surface area (Å²) in [6, 6.07) is 0.00212. The molecule has 0 spiro atoms. The largest absolute Gasteiger partial charge is 0.462 e. The Hall–Kier alpha value is -0.570. The quantitative estimate of drug-likeness (QED) is 0.434. The van der Waals surface area contributed by atoms with Gasteiger partial charge in [0.2, 0.25) is 0 Å². The fourth-order valence-electron chi connectivity index (χ4n) is 2.83. The van der Waals surface area contributed by atoms with Gasteiger partial charge in [-0.2, -0.15) is 0 Å². The van der Waals surface area contributed by atoms with Crippen molar-refractivity contribution in [2.45, 2.75) is 90.2 Å². The minimum Gasteiger partial charge on any atom is -0.462 e. The summed E-state index contributed by atoms with van der Waals surface area (Å²) in [5, 5.41) is 0. The molecule has 3 unspecified atom stereocenters. The molecule has 112 valence electrons. The number of rotatable bonds is 7. The molecule has 3 atom stereocenters. The van der Waals surface area contributed by atoms with Gasteiger partial charge >= 0.3 is 5.97 Å².